The highest BCUT2D eigenvalue weighted by Gasteiger charge is 2.54. The molecule has 1 saturated heterocycles. The molecule has 4 N–H and O–H groups in total. The zero-order valence-corrected chi connectivity index (χ0v) is 21.1. The predicted molar refractivity (Wildman–Crippen MR) is 130 cm³/mol. The zero-order valence-electron chi connectivity index (χ0n) is 17.9. The Morgan fingerprint density at radius 1 is 1.47 bits per heavy atom. The fraction of sp³-hybridized carbons (Fsp3) is 0.389. The van der Waals surface area contributed by atoms with E-state index in [0.29, 0.717) is 17.1 Å². The number of thiazole rings is 1. The minimum atomic E-state index is -1.19. The van der Waals surface area contributed by atoms with Crippen molar-refractivity contribution in [1.82, 2.24) is 24.8 Å². The number of aliphatic carboxylic acids is 1. The first kappa shape index (κ1) is 24.4. The first-order valence-electron chi connectivity index (χ1n) is 9.83. The van der Waals surface area contributed by atoms with E-state index in [1.165, 1.54) is 47.1 Å². The maximum absolute atomic E-state index is 12.9. The standard InChI is InChI=1S/C18H19N7O5S4/c1-3-9-14(22-24-34-9)31-4-7-5-32-16-11(15(27)25(16)12(7)17(28)29)21-13(26)10(23-30-2)8-6-33-18(19)20-8/h6,11,16H,3-5H2,1-2H3,(H2,19,20)(H,21,26)(H,28,29)/b23-10-/t11-,16-/m1/s1. The van der Waals surface area contributed by atoms with E-state index in [1.807, 2.05) is 6.92 Å². The summed E-state index contributed by atoms with van der Waals surface area (Å²) in [6, 6.07) is -0.909. The summed E-state index contributed by atoms with van der Waals surface area (Å²) in [5, 5.41) is 22.3. The molecule has 4 heterocycles. The van der Waals surface area contributed by atoms with E-state index in [2.05, 4.69) is 25.0 Å². The monoisotopic (exact) mass is 541 g/mol. The Bertz CT molecular complexity index is 1190. The molecule has 0 saturated carbocycles. The number of hydrogen-bond acceptors (Lipinski definition) is 13. The van der Waals surface area contributed by atoms with E-state index in [0.717, 1.165) is 27.7 Å². The molecule has 180 valence electrons. The summed E-state index contributed by atoms with van der Waals surface area (Å²) in [4.78, 5) is 48.8. The fourth-order valence-corrected chi connectivity index (χ4v) is 7.16. The average molecular weight is 542 g/mol. The van der Waals surface area contributed by atoms with E-state index in [1.54, 1.807) is 5.38 Å². The number of β-lactam (4-membered cyclic amide) rings is 1. The maximum Gasteiger partial charge on any atom is 0.352 e. The Morgan fingerprint density at radius 3 is 2.91 bits per heavy atom. The number of nitrogens with zero attached hydrogens (tertiary/aromatic N) is 5. The van der Waals surface area contributed by atoms with E-state index >= 15 is 0 Å². The SMILES string of the molecule is CCc1snnc1SCC1=C(C(=O)O)N2C(=O)[C@@H](NC(=O)/C(=N\OC)c3csc(N)n3)[C@H]2SC1. The van der Waals surface area contributed by atoms with Crippen molar-refractivity contribution in [2.45, 2.75) is 29.8 Å². The van der Waals surface area contributed by atoms with Crippen LogP contribution in [0.2, 0.25) is 0 Å². The Labute approximate surface area is 210 Å². The zero-order chi connectivity index (χ0) is 24.4. The number of nitrogens with two attached hydrogens (primary N) is 1. The van der Waals surface area contributed by atoms with Crippen LogP contribution in [0.3, 0.4) is 0 Å². The number of nitrogens with one attached hydrogen (secondary N) is 1. The molecule has 0 aromatic carbocycles. The quantitative estimate of drug-likeness (QED) is 0.179. The van der Waals surface area contributed by atoms with Gasteiger partial charge in [0.05, 0.1) is 4.88 Å². The number of aryl methyl sites for hydroxylation is 1. The number of aromatic nitrogens is 3. The van der Waals surface area contributed by atoms with Gasteiger partial charge in [0.15, 0.2) is 10.8 Å². The van der Waals surface area contributed by atoms with Crippen LogP contribution in [-0.2, 0) is 25.6 Å². The fourth-order valence-electron chi connectivity index (χ4n) is 3.38. The van der Waals surface area contributed by atoms with Gasteiger partial charge < -0.3 is 21.0 Å². The van der Waals surface area contributed by atoms with E-state index < -0.39 is 29.2 Å². The number of rotatable bonds is 9. The van der Waals surface area contributed by atoms with Crippen molar-refractivity contribution in [2.75, 3.05) is 24.3 Å². The summed E-state index contributed by atoms with van der Waals surface area (Å²) < 4.78 is 3.95. The van der Waals surface area contributed by atoms with E-state index in [9.17, 15) is 19.5 Å². The first-order valence-corrected chi connectivity index (χ1v) is 13.5. The second kappa shape index (κ2) is 10.3. The molecule has 2 atom stereocenters. The molecule has 12 nitrogen and oxygen atoms in total. The molecule has 0 unspecified atom stereocenters. The van der Waals surface area contributed by atoms with Gasteiger partial charge in [0.2, 0.25) is 0 Å². The predicted octanol–water partition coefficient (Wildman–Crippen LogP) is 1.02. The van der Waals surface area contributed by atoms with Crippen LogP contribution in [0.5, 0.6) is 0 Å². The molecule has 1 fully saturated rings. The average Bonchev–Trinajstić information content (AvgIpc) is 3.46. The van der Waals surface area contributed by atoms with Crippen molar-refractivity contribution < 1.29 is 24.3 Å². The number of carbonyl (C=O) groups is 3. The van der Waals surface area contributed by atoms with Gasteiger partial charge in [0.1, 0.15) is 34.9 Å². The number of thioether (sulfide) groups is 2. The summed E-state index contributed by atoms with van der Waals surface area (Å²) in [5.74, 6) is -1.60. The molecule has 4 rings (SSSR count). The highest BCUT2D eigenvalue weighted by atomic mass is 32.2. The molecule has 2 aromatic rings. The number of anilines is 1. The van der Waals surface area contributed by atoms with Crippen LogP contribution in [0.1, 0.15) is 17.5 Å². The summed E-state index contributed by atoms with van der Waals surface area (Å²) in [6.45, 7) is 2.00. The summed E-state index contributed by atoms with van der Waals surface area (Å²) >= 11 is 5.24. The Hall–Kier alpha value is -2.69. The molecule has 0 bridgehead atoms. The number of oxime groups is 1. The highest BCUT2D eigenvalue weighted by Crippen LogP contribution is 2.41. The van der Waals surface area contributed by atoms with Gasteiger partial charge in [0.25, 0.3) is 11.8 Å². The highest BCUT2D eigenvalue weighted by molar-refractivity contribution is 8.01. The van der Waals surface area contributed by atoms with Crippen molar-refractivity contribution in [3.63, 3.8) is 0 Å². The van der Waals surface area contributed by atoms with Crippen LogP contribution in [0, 0.1) is 0 Å². The second-order valence-electron chi connectivity index (χ2n) is 6.96. The molecule has 2 aliphatic heterocycles. The third-order valence-corrected chi connectivity index (χ3v) is 9.03. The Balaban J connectivity index is 1.49. The minimum Gasteiger partial charge on any atom is -0.477 e. The van der Waals surface area contributed by atoms with Crippen molar-refractivity contribution >= 4 is 75.0 Å². The number of amides is 2. The van der Waals surface area contributed by atoms with E-state index in [4.69, 9.17) is 10.6 Å². The third-order valence-electron chi connectivity index (χ3n) is 4.92. The molecular formula is C18H19N7O5S4. The molecule has 2 aromatic heterocycles. The molecule has 0 aliphatic carbocycles. The number of carboxylic acids is 1. The molecule has 0 radical (unpaired) electrons. The topological polar surface area (TPSA) is 173 Å². The minimum absolute atomic E-state index is 0.0500. The largest absolute Gasteiger partial charge is 0.477 e. The van der Waals surface area contributed by atoms with Crippen molar-refractivity contribution in [3.8, 4) is 0 Å². The normalized spacial score (nSPS) is 20.1. The van der Waals surface area contributed by atoms with Crippen LogP contribution < -0.4 is 11.1 Å². The number of nitrogen functional groups attached to an aromatic ring is 1. The van der Waals surface area contributed by atoms with Gasteiger partial charge in [-0.2, -0.15) is 0 Å². The van der Waals surface area contributed by atoms with Gasteiger partial charge >= 0.3 is 5.97 Å². The van der Waals surface area contributed by atoms with Crippen LogP contribution in [0.25, 0.3) is 0 Å². The smallest absolute Gasteiger partial charge is 0.352 e. The number of fused-ring (bicyclic) bond motifs is 1. The summed E-state index contributed by atoms with van der Waals surface area (Å²) in [5.41, 5.74) is 6.29. The first-order chi connectivity index (χ1) is 16.3. The molecular weight excluding hydrogens is 523 g/mol. The Kier molecular flexibility index (Phi) is 7.39. The summed E-state index contributed by atoms with van der Waals surface area (Å²) in [7, 11) is 1.28. The van der Waals surface area contributed by atoms with E-state index in [-0.39, 0.29) is 22.2 Å². The van der Waals surface area contributed by atoms with Gasteiger partial charge in [-0.05, 0) is 23.5 Å². The maximum atomic E-state index is 12.9. The van der Waals surface area contributed by atoms with Crippen molar-refractivity contribution in [3.05, 3.63) is 27.2 Å². The van der Waals surface area contributed by atoms with Crippen LogP contribution in [-0.4, -0.2) is 78.1 Å². The number of carboxylic acid groups (broad SMARTS) is 1. The van der Waals surface area contributed by atoms with Crippen LogP contribution in [0.15, 0.2) is 26.8 Å². The summed E-state index contributed by atoms with van der Waals surface area (Å²) in [6.07, 6.45) is 0.787. The van der Waals surface area contributed by atoms with Crippen molar-refractivity contribution in [1.29, 1.82) is 0 Å². The number of carbonyl (C=O) groups excluding carboxylic acids is 2. The Morgan fingerprint density at radius 2 is 2.26 bits per heavy atom. The lowest BCUT2D eigenvalue weighted by atomic mass is 10.0. The van der Waals surface area contributed by atoms with Gasteiger partial charge in [-0.15, -0.1) is 28.2 Å². The van der Waals surface area contributed by atoms with Gasteiger partial charge in [-0.3, -0.25) is 14.5 Å². The molecule has 2 aliphatic rings. The lowest BCUT2D eigenvalue weighted by Gasteiger charge is -2.49. The van der Waals surface area contributed by atoms with Crippen molar-refractivity contribution in [2.24, 2.45) is 5.16 Å². The van der Waals surface area contributed by atoms with Gasteiger partial charge in [-0.1, -0.05) is 28.3 Å². The van der Waals surface area contributed by atoms with Gasteiger partial charge in [-0.25, -0.2) is 9.78 Å². The molecule has 2 amide bonds. The lowest BCUT2D eigenvalue weighted by Crippen LogP contribution is -2.71. The third kappa shape index (κ3) is 4.62. The van der Waals surface area contributed by atoms with Crippen LogP contribution >= 0.6 is 46.4 Å². The molecule has 16 heteroatoms. The second-order valence-corrected chi connectivity index (χ2v) is 10.8. The van der Waals surface area contributed by atoms with Gasteiger partial charge in [0, 0.05) is 16.9 Å². The van der Waals surface area contributed by atoms with Crippen LogP contribution in [0.4, 0.5) is 5.13 Å². The molecule has 34 heavy (non-hydrogen) atoms. The lowest BCUT2D eigenvalue weighted by molar-refractivity contribution is -0.150. The number of hydrogen-bond donors (Lipinski definition) is 3. The molecule has 0 spiro atoms.